The van der Waals surface area contributed by atoms with Gasteiger partial charge in [-0.05, 0) is 49.8 Å². The molecule has 1 aliphatic carbocycles. The van der Waals surface area contributed by atoms with E-state index in [-0.39, 0.29) is 5.91 Å². The molecule has 0 bridgehead atoms. The normalized spacial score (nSPS) is 20.3. The molecule has 1 N–H and O–H groups in total. The molecule has 1 saturated carbocycles. The van der Waals surface area contributed by atoms with Crippen LogP contribution >= 0.6 is 0 Å². The molecule has 2 aliphatic rings. The van der Waals surface area contributed by atoms with Crippen LogP contribution in [0.4, 0.5) is 0 Å². The van der Waals surface area contributed by atoms with Crippen molar-refractivity contribution < 1.29 is 13.2 Å². The van der Waals surface area contributed by atoms with Crippen LogP contribution in [-0.2, 0) is 21.2 Å². The second-order valence-corrected chi connectivity index (χ2v) is 10.2. The Morgan fingerprint density at radius 1 is 0.893 bits per heavy atom. The van der Waals surface area contributed by atoms with E-state index in [0.29, 0.717) is 36.9 Å². The Morgan fingerprint density at radius 2 is 1.46 bits per heavy atom. The zero-order valence-electron chi connectivity index (χ0n) is 16.9. The monoisotopic (exact) mass is 406 g/mol. The Labute approximate surface area is 169 Å². The summed E-state index contributed by atoms with van der Waals surface area (Å²) in [6.07, 6.45) is 12.5. The van der Waals surface area contributed by atoms with Crippen LogP contribution in [0.3, 0.4) is 0 Å². The summed E-state index contributed by atoms with van der Waals surface area (Å²) in [7, 11) is -3.38. The highest BCUT2D eigenvalue weighted by Gasteiger charge is 2.25. The number of benzene rings is 1. The summed E-state index contributed by atoms with van der Waals surface area (Å²) in [6.45, 7) is 1.23. The third-order valence-electron chi connectivity index (χ3n) is 5.99. The maximum absolute atomic E-state index is 12.7. The van der Waals surface area contributed by atoms with Crippen LogP contribution in [0.15, 0.2) is 29.2 Å². The van der Waals surface area contributed by atoms with Gasteiger partial charge in [0.05, 0.1) is 4.90 Å². The summed E-state index contributed by atoms with van der Waals surface area (Å²) >= 11 is 0. The highest BCUT2D eigenvalue weighted by molar-refractivity contribution is 7.89. The first kappa shape index (κ1) is 21.3. The number of hydrogen-bond donors (Lipinski definition) is 1. The van der Waals surface area contributed by atoms with E-state index in [1.54, 1.807) is 16.4 Å². The fraction of sp³-hybridized carbons (Fsp3) is 0.682. The van der Waals surface area contributed by atoms with Crippen LogP contribution in [0.1, 0.15) is 76.2 Å². The molecule has 1 aromatic rings. The lowest BCUT2D eigenvalue weighted by molar-refractivity contribution is -0.121. The summed E-state index contributed by atoms with van der Waals surface area (Å²) < 4.78 is 27.0. The number of sulfonamides is 1. The number of carbonyl (C=O) groups is 1. The topological polar surface area (TPSA) is 66.5 Å². The molecule has 1 aliphatic heterocycles. The lowest BCUT2D eigenvalue weighted by atomic mass is 9.96. The Balaban J connectivity index is 1.49. The fourth-order valence-electron chi connectivity index (χ4n) is 4.24. The number of aryl methyl sites for hydroxylation is 1. The first-order chi connectivity index (χ1) is 13.6. The van der Waals surface area contributed by atoms with E-state index >= 15 is 0 Å². The molecule has 3 rings (SSSR count). The summed E-state index contributed by atoms with van der Waals surface area (Å²) in [5.41, 5.74) is 1.01. The van der Waals surface area contributed by atoms with Gasteiger partial charge in [0.25, 0.3) is 0 Å². The van der Waals surface area contributed by atoms with Crippen molar-refractivity contribution in [1.82, 2.24) is 9.62 Å². The molecule has 1 aromatic carbocycles. The first-order valence-electron chi connectivity index (χ1n) is 10.9. The number of hydrogen-bond acceptors (Lipinski definition) is 3. The molecule has 1 amide bonds. The maximum Gasteiger partial charge on any atom is 0.243 e. The Morgan fingerprint density at radius 3 is 2.11 bits per heavy atom. The largest absolute Gasteiger partial charge is 0.353 e. The van der Waals surface area contributed by atoms with Gasteiger partial charge in [0.15, 0.2) is 0 Å². The van der Waals surface area contributed by atoms with E-state index in [0.717, 1.165) is 37.7 Å². The second kappa shape index (κ2) is 10.4. The number of nitrogens with zero attached hydrogens (tertiary/aromatic N) is 1. The summed E-state index contributed by atoms with van der Waals surface area (Å²) in [4.78, 5) is 12.7. The van der Waals surface area contributed by atoms with E-state index in [1.165, 1.54) is 32.1 Å². The van der Waals surface area contributed by atoms with Crippen LogP contribution in [0, 0.1) is 0 Å². The van der Waals surface area contributed by atoms with E-state index in [2.05, 4.69) is 5.32 Å². The van der Waals surface area contributed by atoms with Crippen molar-refractivity contribution in [3.8, 4) is 0 Å². The lowest BCUT2D eigenvalue weighted by Crippen LogP contribution is -2.35. The van der Waals surface area contributed by atoms with E-state index in [9.17, 15) is 13.2 Å². The molecule has 2 fully saturated rings. The van der Waals surface area contributed by atoms with Gasteiger partial charge < -0.3 is 5.32 Å². The van der Waals surface area contributed by atoms with Gasteiger partial charge in [-0.3, -0.25) is 4.79 Å². The minimum absolute atomic E-state index is 0.107. The summed E-state index contributed by atoms with van der Waals surface area (Å²) in [5, 5.41) is 3.19. The third kappa shape index (κ3) is 6.05. The van der Waals surface area contributed by atoms with Gasteiger partial charge in [-0.1, -0.05) is 50.7 Å². The fourth-order valence-corrected chi connectivity index (χ4v) is 5.76. The Kier molecular flexibility index (Phi) is 7.91. The number of amides is 1. The third-order valence-corrected chi connectivity index (χ3v) is 7.90. The molecule has 156 valence electrons. The van der Waals surface area contributed by atoms with Gasteiger partial charge >= 0.3 is 0 Å². The molecular weight excluding hydrogens is 372 g/mol. The molecular formula is C22H34N2O3S. The van der Waals surface area contributed by atoms with Crippen LogP contribution in [0.2, 0.25) is 0 Å². The second-order valence-electron chi connectivity index (χ2n) is 8.22. The number of nitrogens with one attached hydrogen (secondary N) is 1. The standard InChI is InChI=1S/C22H34N2O3S/c25-22(23-20-9-5-2-1-3-6-10-20)16-13-19-11-14-21(15-12-19)28(26,27)24-17-7-4-8-18-24/h11-12,14-15,20H,1-10,13,16-18H2,(H,23,25). The van der Waals surface area contributed by atoms with Crippen LogP contribution in [0.25, 0.3) is 0 Å². The molecule has 6 heteroatoms. The smallest absolute Gasteiger partial charge is 0.243 e. The predicted molar refractivity (Wildman–Crippen MR) is 112 cm³/mol. The van der Waals surface area contributed by atoms with Crippen molar-refractivity contribution in [3.63, 3.8) is 0 Å². The van der Waals surface area contributed by atoms with Crippen molar-refractivity contribution in [1.29, 1.82) is 0 Å². The predicted octanol–water partition coefficient (Wildman–Crippen LogP) is 4.02. The van der Waals surface area contributed by atoms with Gasteiger partial charge in [0.2, 0.25) is 15.9 Å². The van der Waals surface area contributed by atoms with Crippen LogP contribution in [-0.4, -0.2) is 37.8 Å². The maximum atomic E-state index is 12.7. The van der Waals surface area contributed by atoms with Crippen molar-refractivity contribution in [2.45, 2.75) is 88.0 Å². The van der Waals surface area contributed by atoms with Gasteiger partial charge in [-0.15, -0.1) is 0 Å². The average Bonchev–Trinajstić information content (AvgIpc) is 2.69. The highest BCUT2D eigenvalue weighted by atomic mass is 32.2. The molecule has 1 saturated heterocycles. The molecule has 1 heterocycles. The van der Waals surface area contributed by atoms with Gasteiger partial charge in [0, 0.05) is 25.6 Å². The molecule has 0 atom stereocenters. The lowest BCUT2D eigenvalue weighted by Gasteiger charge is -2.25. The van der Waals surface area contributed by atoms with E-state index in [1.807, 2.05) is 12.1 Å². The van der Waals surface area contributed by atoms with Gasteiger partial charge in [-0.2, -0.15) is 4.31 Å². The number of carbonyl (C=O) groups excluding carboxylic acids is 1. The zero-order chi connectivity index (χ0) is 19.8. The van der Waals surface area contributed by atoms with Crippen LogP contribution in [0.5, 0.6) is 0 Å². The van der Waals surface area contributed by atoms with Gasteiger partial charge in [-0.25, -0.2) is 8.42 Å². The Bertz CT molecular complexity index is 717. The SMILES string of the molecule is O=C(CCc1ccc(S(=O)(=O)N2CCCCC2)cc1)NC1CCCCCCC1. The van der Waals surface area contributed by atoms with Crippen molar-refractivity contribution >= 4 is 15.9 Å². The minimum Gasteiger partial charge on any atom is -0.353 e. The summed E-state index contributed by atoms with van der Waals surface area (Å²) in [5.74, 6) is 0.107. The van der Waals surface area contributed by atoms with E-state index in [4.69, 9.17) is 0 Å². The zero-order valence-corrected chi connectivity index (χ0v) is 17.7. The van der Waals surface area contributed by atoms with E-state index < -0.39 is 10.0 Å². The molecule has 0 aromatic heterocycles. The number of rotatable bonds is 6. The minimum atomic E-state index is -3.38. The van der Waals surface area contributed by atoms with Crippen molar-refractivity contribution in [3.05, 3.63) is 29.8 Å². The highest BCUT2D eigenvalue weighted by Crippen LogP contribution is 2.21. The number of piperidine rings is 1. The molecule has 28 heavy (non-hydrogen) atoms. The average molecular weight is 407 g/mol. The Hall–Kier alpha value is -1.40. The molecule has 0 radical (unpaired) electrons. The first-order valence-corrected chi connectivity index (χ1v) is 12.4. The van der Waals surface area contributed by atoms with Gasteiger partial charge in [0.1, 0.15) is 0 Å². The van der Waals surface area contributed by atoms with Crippen molar-refractivity contribution in [2.75, 3.05) is 13.1 Å². The van der Waals surface area contributed by atoms with Crippen LogP contribution < -0.4 is 5.32 Å². The molecule has 0 unspecified atom stereocenters. The molecule has 0 spiro atoms. The molecule has 5 nitrogen and oxygen atoms in total. The quantitative estimate of drug-likeness (QED) is 0.776. The summed E-state index contributed by atoms with van der Waals surface area (Å²) in [6, 6.07) is 7.39. The van der Waals surface area contributed by atoms with Crippen molar-refractivity contribution in [2.24, 2.45) is 0 Å².